The molecule has 0 bridgehead atoms. The molecule has 1 heterocycles. The van der Waals surface area contributed by atoms with E-state index >= 15 is 0 Å². The molecule has 0 aromatic heterocycles. The summed E-state index contributed by atoms with van der Waals surface area (Å²) >= 11 is 0. The first kappa shape index (κ1) is 15.9. The standard InChI is InChI=1S/C13H28N2O3/c1-17-7-8-18-11-13(16)10-15-6-2-3-12(9-15)4-5-14/h12-13,16H,2-11,14H2,1H3. The molecular weight excluding hydrogens is 232 g/mol. The highest BCUT2D eigenvalue weighted by molar-refractivity contribution is 4.75. The number of β-amino-alcohol motifs (C(OH)–C–C–N with tert-alkyl or cyclic N) is 1. The lowest BCUT2D eigenvalue weighted by Crippen LogP contribution is -2.41. The number of ether oxygens (including phenoxy) is 2. The van der Waals surface area contributed by atoms with Crippen LogP contribution in [-0.4, -0.2) is 69.2 Å². The van der Waals surface area contributed by atoms with Crippen LogP contribution in [0.15, 0.2) is 0 Å². The number of rotatable bonds is 9. The second kappa shape index (κ2) is 9.69. The van der Waals surface area contributed by atoms with Gasteiger partial charge in [0.1, 0.15) is 0 Å². The van der Waals surface area contributed by atoms with E-state index < -0.39 is 6.10 Å². The van der Waals surface area contributed by atoms with Gasteiger partial charge in [0.15, 0.2) is 0 Å². The van der Waals surface area contributed by atoms with E-state index in [2.05, 4.69) is 4.90 Å². The van der Waals surface area contributed by atoms with E-state index in [0.717, 1.165) is 26.1 Å². The number of aliphatic hydroxyl groups excluding tert-OH is 1. The third kappa shape index (κ3) is 6.66. The molecule has 1 fully saturated rings. The Bertz CT molecular complexity index is 203. The van der Waals surface area contributed by atoms with Gasteiger partial charge in [0, 0.05) is 20.2 Å². The van der Waals surface area contributed by atoms with Gasteiger partial charge in [-0.1, -0.05) is 0 Å². The highest BCUT2D eigenvalue weighted by Gasteiger charge is 2.21. The van der Waals surface area contributed by atoms with Crippen molar-refractivity contribution in [2.45, 2.75) is 25.4 Å². The average Bonchev–Trinajstić information content (AvgIpc) is 2.35. The number of nitrogens with zero attached hydrogens (tertiary/aromatic N) is 1. The van der Waals surface area contributed by atoms with E-state index in [1.54, 1.807) is 7.11 Å². The van der Waals surface area contributed by atoms with E-state index in [0.29, 0.717) is 32.3 Å². The lowest BCUT2D eigenvalue weighted by molar-refractivity contribution is -0.00592. The topological polar surface area (TPSA) is 68.0 Å². The third-order valence-electron chi connectivity index (χ3n) is 3.39. The summed E-state index contributed by atoms with van der Waals surface area (Å²) in [5.74, 6) is 0.699. The Balaban J connectivity index is 2.12. The minimum atomic E-state index is -0.404. The zero-order valence-electron chi connectivity index (χ0n) is 11.5. The molecule has 1 saturated heterocycles. The normalized spacial score (nSPS) is 23.2. The molecule has 108 valence electrons. The monoisotopic (exact) mass is 260 g/mol. The first-order valence-corrected chi connectivity index (χ1v) is 6.93. The average molecular weight is 260 g/mol. The molecule has 0 amide bonds. The molecule has 1 rings (SSSR count). The molecule has 2 unspecified atom stereocenters. The quantitative estimate of drug-likeness (QED) is 0.574. The fourth-order valence-electron chi connectivity index (χ4n) is 2.50. The summed E-state index contributed by atoms with van der Waals surface area (Å²) in [5, 5.41) is 9.88. The summed E-state index contributed by atoms with van der Waals surface area (Å²) < 4.78 is 10.2. The van der Waals surface area contributed by atoms with E-state index in [1.807, 2.05) is 0 Å². The Labute approximate surface area is 110 Å². The van der Waals surface area contributed by atoms with Gasteiger partial charge in [0.25, 0.3) is 0 Å². The zero-order chi connectivity index (χ0) is 13.2. The molecule has 5 nitrogen and oxygen atoms in total. The molecule has 0 radical (unpaired) electrons. The summed E-state index contributed by atoms with van der Waals surface area (Å²) in [6.07, 6.45) is 3.17. The van der Waals surface area contributed by atoms with Crippen molar-refractivity contribution in [2.24, 2.45) is 11.7 Å². The Morgan fingerprint density at radius 3 is 3.00 bits per heavy atom. The summed E-state index contributed by atoms with van der Waals surface area (Å²) in [5.41, 5.74) is 5.60. The summed E-state index contributed by atoms with van der Waals surface area (Å²) in [6.45, 7) is 5.12. The highest BCUT2D eigenvalue weighted by Crippen LogP contribution is 2.18. The summed E-state index contributed by atoms with van der Waals surface area (Å²) in [4.78, 5) is 2.33. The number of methoxy groups -OCH3 is 1. The lowest BCUT2D eigenvalue weighted by Gasteiger charge is -2.33. The molecule has 0 aromatic carbocycles. The first-order valence-electron chi connectivity index (χ1n) is 6.93. The second-order valence-electron chi connectivity index (χ2n) is 5.07. The van der Waals surface area contributed by atoms with Crippen molar-refractivity contribution in [3.8, 4) is 0 Å². The van der Waals surface area contributed by atoms with Crippen LogP contribution in [0.1, 0.15) is 19.3 Å². The SMILES string of the molecule is COCCOCC(O)CN1CCCC(CCN)C1. The van der Waals surface area contributed by atoms with Crippen LogP contribution < -0.4 is 5.73 Å². The third-order valence-corrected chi connectivity index (χ3v) is 3.39. The van der Waals surface area contributed by atoms with Crippen LogP contribution in [0.3, 0.4) is 0 Å². The van der Waals surface area contributed by atoms with Crippen LogP contribution in [0.4, 0.5) is 0 Å². The molecule has 0 spiro atoms. The first-order chi connectivity index (χ1) is 8.76. The van der Waals surface area contributed by atoms with Crippen LogP contribution in [0.5, 0.6) is 0 Å². The maximum atomic E-state index is 9.88. The van der Waals surface area contributed by atoms with Gasteiger partial charge in [-0.05, 0) is 38.3 Å². The van der Waals surface area contributed by atoms with Crippen LogP contribution in [0, 0.1) is 5.92 Å². The van der Waals surface area contributed by atoms with Crippen molar-refractivity contribution in [2.75, 3.05) is 53.1 Å². The molecule has 0 aliphatic carbocycles. The lowest BCUT2D eigenvalue weighted by atomic mass is 9.95. The van der Waals surface area contributed by atoms with E-state index in [9.17, 15) is 5.11 Å². The number of nitrogens with two attached hydrogens (primary N) is 1. The summed E-state index contributed by atoms with van der Waals surface area (Å²) in [6, 6.07) is 0. The molecule has 18 heavy (non-hydrogen) atoms. The predicted molar refractivity (Wildman–Crippen MR) is 71.5 cm³/mol. The fourth-order valence-corrected chi connectivity index (χ4v) is 2.50. The van der Waals surface area contributed by atoms with Crippen molar-refractivity contribution in [3.63, 3.8) is 0 Å². The van der Waals surface area contributed by atoms with Crippen molar-refractivity contribution in [1.82, 2.24) is 4.90 Å². The number of likely N-dealkylation sites (tertiary alicyclic amines) is 1. The summed E-state index contributed by atoms with van der Waals surface area (Å²) in [7, 11) is 1.64. The molecule has 3 N–H and O–H groups in total. The van der Waals surface area contributed by atoms with Gasteiger partial charge in [-0.25, -0.2) is 0 Å². The van der Waals surface area contributed by atoms with Crippen LogP contribution in [-0.2, 0) is 9.47 Å². The van der Waals surface area contributed by atoms with Gasteiger partial charge in [0.05, 0.1) is 25.9 Å². The van der Waals surface area contributed by atoms with Crippen molar-refractivity contribution < 1.29 is 14.6 Å². The minimum absolute atomic E-state index is 0.390. The number of aliphatic hydroxyl groups is 1. The largest absolute Gasteiger partial charge is 0.389 e. The molecular formula is C13H28N2O3. The number of piperidine rings is 1. The molecule has 1 aliphatic rings. The Morgan fingerprint density at radius 2 is 2.28 bits per heavy atom. The molecule has 5 heteroatoms. The number of hydrogen-bond acceptors (Lipinski definition) is 5. The van der Waals surface area contributed by atoms with E-state index in [-0.39, 0.29) is 0 Å². The van der Waals surface area contributed by atoms with Gasteiger partial charge in [-0.15, -0.1) is 0 Å². The van der Waals surface area contributed by atoms with Gasteiger partial charge >= 0.3 is 0 Å². The molecule has 0 saturated carbocycles. The molecule has 0 aromatic rings. The van der Waals surface area contributed by atoms with Gasteiger partial charge in [-0.3, -0.25) is 0 Å². The Morgan fingerprint density at radius 1 is 1.44 bits per heavy atom. The van der Waals surface area contributed by atoms with E-state index in [1.165, 1.54) is 12.8 Å². The minimum Gasteiger partial charge on any atom is -0.389 e. The highest BCUT2D eigenvalue weighted by atomic mass is 16.5. The van der Waals surface area contributed by atoms with Crippen molar-refractivity contribution in [1.29, 1.82) is 0 Å². The van der Waals surface area contributed by atoms with Gasteiger partial charge in [-0.2, -0.15) is 0 Å². The van der Waals surface area contributed by atoms with Crippen LogP contribution in [0.2, 0.25) is 0 Å². The molecule has 2 atom stereocenters. The fraction of sp³-hybridized carbons (Fsp3) is 1.00. The Hall–Kier alpha value is -0.200. The zero-order valence-corrected chi connectivity index (χ0v) is 11.5. The Kier molecular flexibility index (Phi) is 8.54. The van der Waals surface area contributed by atoms with Crippen LogP contribution >= 0.6 is 0 Å². The van der Waals surface area contributed by atoms with Gasteiger partial charge in [0.2, 0.25) is 0 Å². The van der Waals surface area contributed by atoms with Crippen molar-refractivity contribution in [3.05, 3.63) is 0 Å². The second-order valence-corrected chi connectivity index (χ2v) is 5.07. The maximum Gasteiger partial charge on any atom is 0.0900 e. The predicted octanol–water partition coefficient (Wildman–Crippen LogP) is 0.0711. The van der Waals surface area contributed by atoms with Gasteiger partial charge < -0.3 is 25.2 Å². The van der Waals surface area contributed by atoms with Crippen molar-refractivity contribution >= 4 is 0 Å². The van der Waals surface area contributed by atoms with Crippen LogP contribution in [0.25, 0.3) is 0 Å². The number of hydrogen-bond donors (Lipinski definition) is 2. The van der Waals surface area contributed by atoms with E-state index in [4.69, 9.17) is 15.2 Å². The smallest absolute Gasteiger partial charge is 0.0900 e. The molecule has 1 aliphatic heterocycles. The maximum absolute atomic E-state index is 9.88.